The van der Waals surface area contributed by atoms with Crippen LogP contribution in [0, 0.1) is 6.92 Å². The molecule has 0 unspecified atom stereocenters. The van der Waals surface area contributed by atoms with Crippen LogP contribution in [0.1, 0.15) is 45.9 Å². The van der Waals surface area contributed by atoms with Crippen molar-refractivity contribution in [1.29, 1.82) is 0 Å². The van der Waals surface area contributed by atoms with Crippen molar-refractivity contribution >= 4 is 34.9 Å². The Morgan fingerprint density at radius 3 is 2.59 bits per heavy atom. The summed E-state index contributed by atoms with van der Waals surface area (Å²) < 4.78 is 11.3. The third kappa shape index (κ3) is 5.53. The van der Waals surface area contributed by atoms with E-state index in [-0.39, 0.29) is 24.4 Å². The fourth-order valence-electron chi connectivity index (χ4n) is 4.75. The van der Waals surface area contributed by atoms with Crippen molar-refractivity contribution in [2.45, 2.75) is 25.4 Å². The molecule has 4 aromatic rings. The van der Waals surface area contributed by atoms with Crippen molar-refractivity contribution in [2.75, 3.05) is 19.0 Å². The van der Waals surface area contributed by atoms with E-state index in [0.29, 0.717) is 34.3 Å². The molecule has 0 radical (unpaired) electrons. The van der Waals surface area contributed by atoms with Crippen molar-refractivity contribution in [2.24, 2.45) is 0 Å². The second-order valence-electron chi connectivity index (χ2n) is 9.17. The summed E-state index contributed by atoms with van der Waals surface area (Å²) in [5, 5.41) is 6.86. The minimum atomic E-state index is -0.445. The van der Waals surface area contributed by atoms with Gasteiger partial charge in [-0.15, -0.1) is 0 Å². The highest BCUT2D eigenvalue weighted by Crippen LogP contribution is 2.41. The van der Waals surface area contributed by atoms with Gasteiger partial charge in [0.15, 0.2) is 5.11 Å². The van der Waals surface area contributed by atoms with E-state index in [1.165, 1.54) is 7.11 Å². The molecule has 2 N–H and O–H groups in total. The highest BCUT2D eigenvalue weighted by atomic mass is 32.1. The smallest absolute Gasteiger partial charge is 0.338 e. The Morgan fingerprint density at radius 1 is 1.05 bits per heavy atom. The zero-order chi connectivity index (χ0) is 27.4. The molecule has 0 saturated carbocycles. The summed E-state index contributed by atoms with van der Waals surface area (Å²) in [7, 11) is 1.35. The van der Waals surface area contributed by atoms with Gasteiger partial charge in [0.1, 0.15) is 17.6 Å². The van der Waals surface area contributed by atoms with Crippen molar-refractivity contribution < 1.29 is 18.7 Å². The molecule has 1 amide bonds. The van der Waals surface area contributed by atoms with Crippen LogP contribution in [0.4, 0.5) is 5.69 Å². The summed E-state index contributed by atoms with van der Waals surface area (Å²) in [6, 6.07) is 23.5. The lowest BCUT2D eigenvalue weighted by molar-refractivity contribution is -0.116. The van der Waals surface area contributed by atoms with E-state index in [0.717, 1.165) is 16.9 Å². The maximum Gasteiger partial charge on any atom is 0.338 e. The summed E-state index contributed by atoms with van der Waals surface area (Å²) in [5.74, 6) is 0.604. The molecule has 2 aromatic carbocycles. The number of rotatable bonds is 8. The van der Waals surface area contributed by atoms with E-state index in [4.69, 9.17) is 21.4 Å². The number of carbonyl (C=O) groups is 2. The van der Waals surface area contributed by atoms with Gasteiger partial charge in [-0.05, 0) is 61.1 Å². The number of amides is 1. The molecule has 1 aliphatic rings. The number of aromatic nitrogens is 1. The summed E-state index contributed by atoms with van der Waals surface area (Å²) in [5.41, 5.74) is 3.61. The van der Waals surface area contributed by atoms with Crippen molar-refractivity contribution in [3.8, 4) is 11.3 Å². The number of thiocarbonyl (C=S) groups is 1. The largest absolute Gasteiger partial charge is 0.465 e. The molecule has 1 aliphatic heterocycles. The molecular weight excluding hydrogens is 512 g/mol. The lowest BCUT2D eigenvalue weighted by Crippen LogP contribution is -2.32. The Hall–Kier alpha value is -4.50. The fourth-order valence-corrected chi connectivity index (χ4v) is 5.08. The third-order valence-corrected chi connectivity index (χ3v) is 7.07. The van der Waals surface area contributed by atoms with E-state index in [1.54, 1.807) is 18.3 Å². The number of ether oxygens (including phenoxy) is 1. The zero-order valence-electron chi connectivity index (χ0n) is 21.6. The van der Waals surface area contributed by atoms with E-state index >= 15 is 0 Å². The van der Waals surface area contributed by atoms with Gasteiger partial charge in [0.05, 0.1) is 24.4 Å². The number of hydrogen-bond acceptors (Lipinski definition) is 6. The average Bonchev–Trinajstić information content (AvgIpc) is 3.57. The topological polar surface area (TPSA) is 96.7 Å². The van der Waals surface area contributed by atoms with Gasteiger partial charge in [-0.3, -0.25) is 9.78 Å². The number of hydrogen-bond donors (Lipinski definition) is 2. The van der Waals surface area contributed by atoms with Gasteiger partial charge >= 0.3 is 5.97 Å². The third-order valence-electron chi connectivity index (χ3n) is 6.71. The number of benzene rings is 2. The van der Waals surface area contributed by atoms with Gasteiger partial charge in [0.2, 0.25) is 5.91 Å². The first-order valence-corrected chi connectivity index (χ1v) is 13.0. The van der Waals surface area contributed by atoms with Crippen molar-refractivity contribution in [3.05, 3.63) is 108 Å². The van der Waals surface area contributed by atoms with Gasteiger partial charge in [0.25, 0.3) is 0 Å². The maximum atomic E-state index is 12.9. The molecule has 1 fully saturated rings. The Balaban J connectivity index is 1.43. The number of para-hydroxylation sites is 1. The van der Waals surface area contributed by atoms with E-state index in [1.807, 2.05) is 78.6 Å². The molecule has 39 heavy (non-hydrogen) atoms. The lowest BCUT2D eigenvalue weighted by Gasteiger charge is -2.26. The van der Waals surface area contributed by atoms with Crippen molar-refractivity contribution in [1.82, 2.24) is 15.2 Å². The predicted octanol–water partition coefficient (Wildman–Crippen LogP) is 5.44. The standard InChI is InChI=1S/C30H28N4O4S/c1-19-9-3-6-12-22(19)32-26(35)16-18-34-28(27(33-30(34)39)23-13-7-8-17-31-23)25-15-14-24(38-25)20-10-4-5-11-21(20)29(36)37-2/h3-15,17,27-28H,16,18H2,1-2H3,(H,32,35)(H,33,39)/t27-,28+/m1/s1. The first-order valence-electron chi connectivity index (χ1n) is 12.6. The molecule has 0 spiro atoms. The van der Waals surface area contributed by atoms with Crippen LogP contribution >= 0.6 is 12.2 Å². The molecule has 0 aliphatic carbocycles. The number of methoxy groups -OCH3 is 1. The average molecular weight is 541 g/mol. The Bertz CT molecular complexity index is 1500. The maximum absolute atomic E-state index is 12.9. The molecule has 5 rings (SSSR count). The highest BCUT2D eigenvalue weighted by molar-refractivity contribution is 7.80. The quantitative estimate of drug-likeness (QED) is 0.225. The van der Waals surface area contributed by atoms with Crippen molar-refractivity contribution in [3.63, 3.8) is 0 Å². The Morgan fingerprint density at radius 2 is 1.82 bits per heavy atom. The molecule has 198 valence electrons. The van der Waals surface area contributed by atoms with E-state index in [2.05, 4.69) is 15.6 Å². The first kappa shape index (κ1) is 26.1. The van der Waals surface area contributed by atoms with Gasteiger partial charge in [-0.25, -0.2) is 4.79 Å². The molecule has 1 saturated heterocycles. The summed E-state index contributed by atoms with van der Waals surface area (Å²) in [6.07, 6.45) is 1.95. The Labute approximate surface area is 232 Å². The van der Waals surface area contributed by atoms with Crippen LogP contribution in [-0.4, -0.2) is 40.5 Å². The number of esters is 1. The van der Waals surface area contributed by atoms with Crippen LogP contribution < -0.4 is 10.6 Å². The summed E-state index contributed by atoms with van der Waals surface area (Å²) in [6.45, 7) is 2.32. The minimum absolute atomic E-state index is 0.112. The van der Waals surface area contributed by atoms with Crippen LogP contribution in [-0.2, 0) is 9.53 Å². The summed E-state index contributed by atoms with van der Waals surface area (Å²) >= 11 is 5.72. The second-order valence-corrected chi connectivity index (χ2v) is 9.56. The van der Waals surface area contributed by atoms with Gasteiger partial charge in [-0.2, -0.15) is 0 Å². The molecule has 9 heteroatoms. The molecular formula is C30H28N4O4S. The van der Waals surface area contributed by atoms with Gasteiger partial charge in [-0.1, -0.05) is 42.5 Å². The molecule has 0 bridgehead atoms. The van der Waals surface area contributed by atoms with Crippen LogP contribution in [0.3, 0.4) is 0 Å². The lowest BCUT2D eigenvalue weighted by atomic mass is 10.0. The van der Waals surface area contributed by atoms with Gasteiger partial charge in [0, 0.05) is 30.4 Å². The van der Waals surface area contributed by atoms with E-state index in [9.17, 15) is 9.59 Å². The molecule has 3 heterocycles. The highest BCUT2D eigenvalue weighted by Gasteiger charge is 2.41. The monoisotopic (exact) mass is 540 g/mol. The SMILES string of the molecule is COC(=O)c1ccccc1-c1ccc([C@H]2[C@@H](c3ccccn3)NC(=S)N2CCC(=O)Nc2ccccc2C)o1. The number of furan rings is 1. The van der Waals surface area contributed by atoms with E-state index < -0.39 is 5.97 Å². The number of anilines is 1. The summed E-state index contributed by atoms with van der Waals surface area (Å²) in [4.78, 5) is 31.7. The van der Waals surface area contributed by atoms with Crippen LogP contribution in [0.25, 0.3) is 11.3 Å². The zero-order valence-corrected chi connectivity index (χ0v) is 22.4. The predicted molar refractivity (Wildman–Crippen MR) is 152 cm³/mol. The minimum Gasteiger partial charge on any atom is -0.465 e. The number of aryl methyl sites for hydroxylation is 1. The number of carbonyl (C=O) groups excluding carboxylic acids is 2. The van der Waals surface area contributed by atoms with Crippen LogP contribution in [0.5, 0.6) is 0 Å². The first-order chi connectivity index (χ1) is 19.0. The number of nitrogens with zero attached hydrogens (tertiary/aromatic N) is 2. The second kappa shape index (κ2) is 11.5. The fraction of sp³-hybridized carbons (Fsp3) is 0.200. The molecule has 2 atom stereocenters. The number of nitrogens with one attached hydrogen (secondary N) is 2. The molecule has 2 aromatic heterocycles. The van der Waals surface area contributed by atoms with Crippen LogP contribution in [0.2, 0.25) is 0 Å². The van der Waals surface area contributed by atoms with Gasteiger partial charge < -0.3 is 24.7 Å². The number of pyridine rings is 1. The Kier molecular flexibility index (Phi) is 7.69. The van der Waals surface area contributed by atoms with Crippen LogP contribution in [0.15, 0.2) is 89.5 Å². The normalized spacial score (nSPS) is 16.6. The molecule has 8 nitrogen and oxygen atoms in total.